The Balaban J connectivity index is 1.28. The van der Waals surface area contributed by atoms with E-state index in [4.69, 9.17) is 10.8 Å². The molecule has 0 bridgehead atoms. The van der Waals surface area contributed by atoms with Gasteiger partial charge in [-0.1, -0.05) is 0 Å². The van der Waals surface area contributed by atoms with Gasteiger partial charge >= 0.3 is 17.6 Å². The first-order valence-electron chi connectivity index (χ1n) is 11.4. The van der Waals surface area contributed by atoms with Crippen molar-refractivity contribution in [3.8, 4) is 0 Å². The molecule has 14 nitrogen and oxygen atoms in total. The second-order valence-electron chi connectivity index (χ2n) is 8.53. The largest absolute Gasteiger partial charge is 0.480 e. The fourth-order valence-electron chi connectivity index (χ4n) is 4.23. The first-order chi connectivity index (χ1) is 18.7. The molecule has 2 atom stereocenters. The van der Waals surface area contributed by atoms with Crippen molar-refractivity contribution in [1.82, 2.24) is 29.6 Å². The number of β-lactam (4-membered cyclic amide) rings is 1. The maximum absolute atomic E-state index is 12.9. The predicted molar refractivity (Wildman–Crippen MR) is 141 cm³/mol. The molecule has 3 aromatic heterocycles. The summed E-state index contributed by atoms with van der Waals surface area (Å²) in [6.45, 7) is -0.297. The Kier molecular flexibility index (Phi) is 7.48. The van der Waals surface area contributed by atoms with Crippen LogP contribution >= 0.6 is 34.9 Å². The Morgan fingerprint density at radius 3 is 2.69 bits per heavy atom. The van der Waals surface area contributed by atoms with E-state index in [-0.39, 0.29) is 29.4 Å². The quantitative estimate of drug-likeness (QED) is 0.175. The van der Waals surface area contributed by atoms with Crippen molar-refractivity contribution >= 4 is 64.3 Å². The zero-order chi connectivity index (χ0) is 27.8. The van der Waals surface area contributed by atoms with Gasteiger partial charge in [0.1, 0.15) is 28.7 Å². The number of rotatable bonds is 10. The van der Waals surface area contributed by atoms with Crippen LogP contribution in [0.3, 0.4) is 0 Å². The summed E-state index contributed by atoms with van der Waals surface area (Å²) in [5.74, 6) is -2.81. The molecule has 0 saturated carbocycles. The van der Waals surface area contributed by atoms with Gasteiger partial charge in [0.25, 0.3) is 5.91 Å². The number of carbonyl (C=O) groups excluding carboxylic acids is 2. The van der Waals surface area contributed by atoms with Gasteiger partial charge in [-0.05, 0) is 34.7 Å². The molecular formula is C22H21N7O7S3. The van der Waals surface area contributed by atoms with Gasteiger partial charge in [-0.2, -0.15) is 14.3 Å². The van der Waals surface area contributed by atoms with Crippen molar-refractivity contribution in [1.29, 1.82) is 0 Å². The van der Waals surface area contributed by atoms with E-state index in [2.05, 4.69) is 15.5 Å². The normalized spacial score (nSPS) is 18.7. The summed E-state index contributed by atoms with van der Waals surface area (Å²) in [6.07, 6.45) is 0.0878. The lowest BCUT2D eigenvalue weighted by Gasteiger charge is -2.49. The van der Waals surface area contributed by atoms with Crippen molar-refractivity contribution in [2.24, 2.45) is 5.73 Å². The topological polar surface area (TPSA) is 202 Å². The SMILES string of the molecule is NCc1ccsc1CC(=O)NC1C(=O)N2C(C(=O)O)=C(CSc3ccc4nn(CC(=O)O)c(=O)n4n3)CS[C@@H]12. The van der Waals surface area contributed by atoms with E-state index in [9.17, 15) is 29.1 Å². The van der Waals surface area contributed by atoms with Gasteiger partial charge in [0, 0.05) is 22.9 Å². The molecule has 0 radical (unpaired) electrons. The first-order valence-corrected chi connectivity index (χ1v) is 14.4. The third-order valence-electron chi connectivity index (χ3n) is 6.04. The molecule has 5 heterocycles. The van der Waals surface area contributed by atoms with Crippen molar-refractivity contribution < 1.29 is 29.4 Å². The summed E-state index contributed by atoms with van der Waals surface area (Å²) in [6, 6.07) is 4.11. The monoisotopic (exact) mass is 591 g/mol. The maximum Gasteiger partial charge on any atom is 0.367 e. The smallest absolute Gasteiger partial charge is 0.367 e. The lowest BCUT2D eigenvalue weighted by atomic mass is 10.0. The molecule has 5 rings (SSSR count). The number of hydrogen-bond donors (Lipinski definition) is 4. The highest BCUT2D eigenvalue weighted by Crippen LogP contribution is 2.41. The third kappa shape index (κ3) is 5.17. The van der Waals surface area contributed by atoms with Crippen LogP contribution in [0.5, 0.6) is 0 Å². The number of aromatic nitrogens is 4. The highest BCUT2D eigenvalue weighted by Gasteiger charge is 2.54. The minimum atomic E-state index is -1.25. The van der Waals surface area contributed by atoms with Crippen LogP contribution < -0.4 is 16.7 Å². The van der Waals surface area contributed by atoms with Crippen LogP contribution in [0.25, 0.3) is 5.65 Å². The molecule has 0 spiro atoms. The van der Waals surface area contributed by atoms with Crippen LogP contribution in [-0.4, -0.2) is 81.2 Å². The molecular weight excluding hydrogens is 570 g/mol. The molecule has 3 aromatic rings. The Labute approximate surface area is 231 Å². The Morgan fingerprint density at radius 2 is 1.97 bits per heavy atom. The minimum absolute atomic E-state index is 0.0878. The molecule has 1 unspecified atom stereocenters. The van der Waals surface area contributed by atoms with Crippen molar-refractivity contribution in [3.05, 3.63) is 55.8 Å². The Morgan fingerprint density at radius 1 is 1.18 bits per heavy atom. The van der Waals surface area contributed by atoms with Crippen LogP contribution in [0.4, 0.5) is 0 Å². The molecule has 39 heavy (non-hydrogen) atoms. The molecule has 5 N–H and O–H groups in total. The second kappa shape index (κ2) is 10.8. The number of nitrogens with two attached hydrogens (primary N) is 1. The third-order valence-corrected chi connectivity index (χ3v) is 9.35. The summed E-state index contributed by atoms with van der Waals surface area (Å²) in [5, 5.41) is 31.4. The number of thiophene rings is 1. The molecule has 1 fully saturated rings. The van der Waals surface area contributed by atoms with Crippen LogP contribution in [-0.2, 0) is 38.7 Å². The number of carboxylic acids is 2. The number of thioether (sulfide) groups is 2. The minimum Gasteiger partial charge on any atom is -0.480 e. The van der Waals surface area contributed by atoms with Gasteiger partial charge < -0.3 is 21.3 Å². The van der Waals surface area contributed by atoms with Gasteiger partial charge in [0.15, 0.2) is 5.65 Å². The summed E-state index contributed by atoms with van der Waals surface area (Å²) >= 11 is 3.93. The van der Waals surface area contributed by atoms with Gasteiger partial charge in [-0.3, -0.25) is 19.3 Å². The van der Waals surface area contributed by atoms with E-state index in [1.807, 2.05) is 11.4 Å². The summed E-state index contributed by atoms with van der Waals surface area (Å²) < 4.78 is 1.76. The summed E-state index contributed by atoms with van der Waals surface area (Å²) in [5.41, 5.74) is 6.39. The molecule has 2 amide bonds. The second-order valence-corrected chi connectivity index (χ2v) is 11.6. The average molecular weight is 592 g/mol. The van der Waals surface area contributed by atoms with Gasteiger partial charge in [0.05, 0.1) is 6.42 Å². The van der Waals surface area contributed by atoms with Gasteiger partial charge in [-0.15, -0.1) is 40.0 Å². The standard InChI is InChI=1S/C22H21N7O7S3/c23-6-10-3-4-37-12(10)5-14(30)24-17-19(33)28-18(21(34)35)11(9-39-20(17)28)8-38-15-2-1-13-25-27(7-16(31)32)22(36)29(13)26-15/h1-4,17,20H,5-9,23H2,(H,24,30)(H,31,32)(H,34,35)/t17?,20-/m0/s1. The molecule has 0 aromatic carbocycles. The maximum atomic E-state index is 12.9. The number of fused-ring (bicyclic) bond motifs is 2. The van der Waals surface area contributed by atoms with E-state index >= 15 is 0 Å². The number of aliphatic carboxylic acids is 2. The molecule has 17 heteroatoms. The van der Waals surface area contributed by atoms with Crippen LogP contribution in [0, 0.1) is 0 Å². The average Bonchev–Trinajstić information content (AvgIpc) is 3.48. The lowest BCUT2D eigenvalue weighted by Crippen LogP contribution is -2.70. The van der Waals surface area contributed by atoms with Crippen molar-refractivity contribution in [2.45, 2.75) is 36.0 Å². The van der Waals surface area contributed by atoms with Crippen LogP contribution in [0.1, 0.15) is 10.4 Å². The molecule has 2 aliphatic heterocycles. The van der Waals surface area contributed by atoms with E-state index in [1.165, 1.54) is 34.1 Å². The van der Waals surface area contributed by atoms with Crippen molar-refractivity contribution in [3.63, 3.8) is 0 Å². The summed E-state index contributed by atoms with van der Waals surface area (Å²) in [7, 11) is 0. The highest BCUT2D eigenvalue weighted by atomic mass is 32.2. The molecule has 0 aliphatic carbocycles. The zero-order valence-corrected chi connectivity index (χ0v) is 22.4. The number of nitrogens with zero attached hydrogens (tertiary/aromatic N) is 5. The Bertz CT molecular complexity index is 1590. The molecule has 204 valence electrons. The molecule has 2 aliphatic rings. The zero-order valence-electron chi connectivity index (χ0n) is 20.0. The number of hydrogen-bond acceptors (Lipinski definition) is 11. The lowest BCUT2D eigenvalue weighted by molar-refractivity contribution is -0.150. The van der Waals surface area contributed by atoms with E-state index in [1.54, 1.807) is 6.07 Å². The number of nitrogens with one attached hydrogen (secondary N) is 1. The fraction of sp³-hybridized carbons (Fsp3) is 0.318. The van der Waals surface area contributed by atoms with Crippen molar-refractivity contribution in [2.75, 3.05) is 11.5 Å². The fourth-order valence-corrected chi connectivity index (χ4v) is 7.48. The first kappa shape index (κ1) is 26.9. The van der Waals surface area contributed by atoms with E-state index in [0.717, 1.165) is 31.4 Å². The predicted octanol–water partition coefficient (Wildman–Crippen LogP) is -0.431. The van der Waals surface area contributed by atoms with E-state index in [0.29, 0.717) is 22.9 Å². The molecule has 1 saturated heterocycles. The van der Waals surface area contributed by atoms with E-state index < -0.39 is 41.5 Å². The number of carbonyl (C=O) groups is 4. The van der Waals surface area contributed by atoms with Gasteiger partial charge in [-0.25, -0.2) is 9.59 Å². The number of carboxylic acid groups (broad SMARTS) is 2. The van der Waals surface area contributed by atoms with Gasteiger partial charge in [0.2, 0.25) is 5.91 Å². The highest BCUT2D eigenvalue weighted by molar-refractivity contribution is 8.01. The van der Waals surface area contributed by atoms with Crippen LogP contribution in [0.15, 0.2) is 44.7 Å². The summed E-state index contributed by atoms with van der Waals surface area (Å²) in [4.78, 5) is 63.0. The number of amides is 2. The Hall–Kier alpha value is -3.67. The van der Waals surface area contributed by atoms with Crippen LogP contribution in [0.2, 0.25) is 0 Å².